The second-order valence-electron chi connectivity index (χ2n) is 3.41. The van der Waals surface area contributed by atoms with Gasteiger partial charge in [-0.25, -0.2) is 0 Å². The molecule has 0 saturated carbocycles. The average molecular weight is 439 g/mol. The molecule has 0 atom stereocenters. The van der Waals surface area contributed by atoms with Gasteiger partial charge in [0, 0.05) is 4.47 Å². The molecule has 18 heavy (non-hydrogen) atoms. The van der Waals surface area contributed by atoms with Crippen molar-refractivity contribution in [2.75, 3.05) is 0 Å². The predicted octanol–water partition coefficient (Wildman–Crippen LogP) is 4.96. The Balaban J connectivity index is 2.12. The molecule has 0 radical (unpaired) electrons. The topological polar surface area (TPSA) is 39.4 Å². The van der Waals surface area contributed by atoms with Crippen molar-refractivity contribution in [1.82, 2.24) is 0 Å². The number of ether oxygens (including phenoxy) is 1. The van der Waals surface area contributed by atoms with E-state index in [4.69, 9.17) is 9.15 Å². The van der Waals surface area contributed by atoms with E-state index in [-0.39, 0.29) is 6.61 Å². The van der Waals surface area contributed by atoms with Crippen molar-refractivity contribution in [3.63, 3.8) is 0 Å². The van der Waals surface area contributed by atoms with Gasteiger partial charge >= 0.3 is 0 Å². The molecule has 0 aliphatic rings. The van der Waals surface area contributed by atoms with E-state index in [9.17, 15) is 4.79 Å². The van der Waals surface area contributed by atoms with E-state index in [0.29, 0.717) is 23.6 Å². The van der Waals surface area contributed by atoms with Gasteiger partial charge in [0.15, 0.2) is 12.0 Å². The minimum Gasteiger partial charge on any atom is -0.483 e. The summed E-state index contributed by atoms with van der Waals surface area (Å²) in [4.78, 5) is 10.5. The van der Waals surface area contributed by atoms with Crippen LogP contribution in [0.5, 0.6) is 5.75 Å². The lowest BCUT2D eigenvalue weighted by Gasteiger charge is -2.09. The molecular formula is C12H7Br3O3. The van der Waals surface area contributed by atoms with Gasteiger partial charge in [0.05, 0.1) is 8.95 Å². The second-order valence-corrected chi connectivity index (χ2v) is 6.03. The largest absolute Gasteiger partial charge is 0.483 e. The monoisotopic (exact) mass is 436 g/mol. The van der Waals surface area contributed by atoms with Crippen LogP contribution in [0.3, 0.4) is 0 Å². The zero-order valence-corrected chi connectivity index (χ0v) is 13.7. The van der Waals surface area contributed by atoms with Gasteiger partial charge in [-0.3, -0.25) is 4.79 Å². The summed E-state index contributed by atoms with van der Waals surface area (Å²) in [5.41, 5.74) is 0. The number of aldehydes is 1. The molecule has 0 spiro atoms. The number of carbonyl (C=O) groups excluding carboxylic acids is 1. The summed E-state index contributed by atoms with van der Waals surface area (Å²) >= 11 is 10.2. The summed E-state index contributed by atoms with van der Waals surface area (Å²) in [5.74, 6) is 1.57. The van der Waals surface area contributed by atoms with E-state index in [2.05, 4.69) is 47.8 Å². The maximum absolute atomic E-state index is 10.5. The summed E-state index contributed by atoms with van der Waals surface area (Å²) in [5, 5.41) is 0. The van der Waals surface area contributed by atoms with Gasteiger partial charge in [0.25, 0.3) is 0 Å². The first-order valence-electron chi connectivity index (χ1n) is 4.91. The Kier molecular flexibility index (Phi) is 4.64. The second kappa shape index (κ2) is 6.04. The summed E-state index contributed by atoms with van der Waals surface area (Å²) < 4.78 is 13.5. The van der Waals surface area contributed by atoms with Crippen molar-refractivity contribution in [2.45, 2.75) is 6.61 Å². The van der Waals surface area contributed by atoms with Gasteiger partial charge in [0.2, 0.25) is 0 Å². The molecule has 2 aromatic rings. The van der Waals surface area contributed by atoms with Crippen LogP contribution in [0.15, 0.2) is 42.1 Å². The van der Waals surface area contributed by atoms with Gasteiger partial charge in [-0.05, 0) is 56.1 Å². The Hall–Kier alpha value is -0.590. The molecule has 0 amide bonds. The summed E-state index contributed by atoms with van der Waals surface area (Å²) in [6.45, 7) is 0.257. The molecule has 0 fully saturated rings. The number of carbonyl (C=O) groups is 1. The lowest BCUT2D eigenvalue weighted by molar-refractivity contribution is 0.109. The van der Waals surface area contributed by atoms with Gasteiger partial charge in [-0.15, -0.1) is 0 Å². The summed E-state index contributed by atoms with van der Waals surface area (Å²) in [6, 6.07) is 7.10. The molecule has 0 aliphatic carbocycles. The molecule has 6 heteroatoms. The van der Waals surface area contributed by atoms with Crippen molar-refractivity contribution in [2.24, 2.45) is 0 Å². The number of halogens is 3. The number of benzene rings is 1. The van der Waals surface area contributed by atoms with E-state index in [1.807, 2.05) is 12.1 Å². The first-order chi connectivity index (χ1) is 8.60. The molecular weight excluding hydrogens is 432 g/mol. The van der Waals surface area contributed by atoms with Gasteiger partial charge in [0.1, 0.15) is 18.1 Å². The zero-order chi connectivity index (χ0) is 13.1. The number of hydrogen-bond acceptors (Lipinski definition) is 3. The van der Waals surface area contributed by atoms with Crippen LogP contribution in [-0.2, 0) is 6.61 Å². The minimum atomic E-state index is 0.257. The van der Waals surface area contributed by atoms with Crippen LogP contribution >= 0.6 is 47.8 Å². The third kappa shape index (κ3) is 3.24. The van der Waals surface area contributed by atoms with Crippen molar-refractivity contribution in [1.29, 1.82) is 0 Å². The van der Waals surface area contributed by atoms with E-state index in [1.165, 1.54) is 0 Å². The highest BCUT2D eigenvalue weighted by atomic mass is 79.9. The highest BCUT2D eigenvalue weighted by Gasteiger charge is 2.09. The zero-order valence-electron chi connectivity index (χ0n) is 8.95. The van der Waals surface area contributed by atoms with Crippen LogP contribution in [-0.4, -0.2) is 6.29 Å². The van der Waals surface area contributed by atoms with E-state index >= 15 is 0 Å². The molecule has 1 heterocycles. The number of rotatable bonds is 4. The third-order valence-corrected chi connectivity index (χ3v) is 3.76. The minimum absolute atomic E-state index is 0.257. The van der Waals surface area contributed by atoms with E-state index < -0.39 is 0 Å². The molecule has 3 nitrogen and oxygen atoms in total. The smallest absolute Gasteiger partial charge is 0.185 e. The van der Waals surface area contributed by atoms with Crippen LogP contribution < -0.4 is 4.74 Å². The molecule has 2 rings (SSSR count). The molecule has 94 valence electrons. The lowest BCUT2D eigenvalue weighted by atomic mass is 10.3. The fraction of sp³-hybridized carbons (Fsp3) is 0.0833. The Morgan fingerprint density at radius 3 is 2.39 bits per heavy atom. The average Bonchev–Trinajstić information content (AvgIpc) is 2.75. The highest BCUT2D eigenvalue weighted by molar-refractivity contribution is 9.11. The van der Waals surface area contributed by atoms with Crippen molar-refractivity contribution in [3.05, 3.63) is 49.2 Å². The maximum Gasteiger partial charge on any atom is 0.185 e. The molecule has 1 aromatic heterocycles. The number of hydrogen-bond donors (Lipinski definition) is 0. The van der Waals surface area contributed by atoms with Crippen molar-refractivity contribution >= 4 is 54.1 Å². The SMILES string of the molecule is O=Cc1ccc(COc2c(Br)cc(Br)cc2Br)o1. The maximum atomic E-state index is 10.5. The first-order valence-corrected chi connectivity index (χ1v) is 7.29. The van der Waals surface area contributed by atoms with Crippen LogP contribution in [0.1, 0.15) is 16.3 Å². The number of furan rings is 1. The third-order valence-electron chi connectivity index (χ3n) is 2.12. The van der Waals surface area contributed by atoms with Gasteiger partial charge < -0.3 is 9.15 Å². The standard InChI is InChI=1S/C12H7Br3O3/c13-7-3-10(14)12(11(15)4-7)17-6-9-2-1-8(5-16)18-9/h1-5H,6H2. The van der Waals surface area contributed by atoms with Gasteiger partial charge in [-0.1, -0.05) is 15.9 Å². The fourth-order valence-electron chi connectivity index (χ4n) is 1.35. The molecule has 0 N–H and O–H groups in total. The molecule has 0 unspecified atom stereocenters. The summed E-state index contributed by atoms with van der Waals surface area (Å²) in [7, 11) is 0. The highest BCUT2D eigenvalue weighted by Crippen LogP contribution is 2.36. The Labute approximate surface area is 129 Å². The van der Waals surface area contributed by atoms with E-state index in [1.54, 1.807) is 12.1 Å². The van der Waals surface area contributed by atoms with Crippen LogP contribution in [0.25, 0.3) is 0 Å². The van der Waals surface area contributed by atoms with E-state index in [0.717, 1.165) is 13.4 Å². The normalized spacial score (nSPS) is 10.4. The molecule has 1 aromatic carbocycles. The first kappa shape index (κ1) is 13.8. The lowest BCUT2D eigenvalue weighted by Crippen LogP contribution is -1.95. The Bertz CT molecular complexity index is 555. The predicted molar refractivity (Wildman–Crippen MR) is 78.0 cm³/mol. The van der Waals surface area contributed by atoms with Crippen LogP contribution in [0.2, 0.25) is 0 Å². The molecule has 0 aliphatic heterocycles. The Morgan fingerprint density at radius 2 is 1.83 bits per heavy atom. The molecule has 0 saturated heterocycles. The van der Waals surface area contributed by atoms with Crippen molar-refractivity contribution < 1.29 is 13.9 Å². The van der Waals surface area contributed by atoms with Crippen LogP contribution in [0.4, 0.5) is 0 Å². The Morgan fingerprint density at radius 1 is 1.17 bits per heavy atom. The summed E-state index contributed by atoms with van der Waals surface area (Å²) in [6.07, 6.45) is 0.662. The van der Waals surface area contributed by atoms with Crippen LogP contribution in [0, 0.1) is 0 Å². The quantitative estimate of drug-likeness (QED) is 0.633. The molecule has 0 bridgehead atoms. The van der Waals surface area contributed by atoms with Crippen molar-refractivity contribution in [3.8, 4) is 5.75 Å². The van der Waals surface area contributed by atoms with Gasteiger partial charge in [-0.2, -0.15) is 0 Å². The fourth-order valence-corrected chi connectivity index (χ4v) is 3.83.